The van der Waals surface area contributed by atoms with E-state index in [9.17, 15) is 0 Å². The van der Waals surface area contributed by atoms with Gasteiger partial charge in [0.2, 0.25) is 16.9 Å². The molecule has 0 spiro atoms. The molecule has 0 aliphatic carbocycles. The van der Waals surface area contributed by atoms with Crippen molar-refractivity contribution in [3.63, 3.8) is 0 Å². The van der Waals surface area contributed by atoms with Crippen molar-refractivity contribution in [3.05, 3.63) is 36.2 Å². The summed E-state index contributed by atoms with van der Waals surface area (Å²) in [5.74, 6) is 1.71. The molecule has 0 unspecified atom stereocenters. The molecule has 2 aromatic heterocycles. The van der Waals surface area contributed by atoms with Crippen LogP contribution in [0.2, 0.25) is 0 Å². The first-order chi connectivity index (χ1) is 10.3. The van der Waals surface area contributed by atoms with Gasteiger partial charge in [-0.2, -0.15) is 0 Å². The number of nitrogens with one attached hydrogen (secondary N) is 1. The average molecular weight is 319 g/mol. The summed E-state index contributed by atoms with van der Waals surface area (Å²) in [6.07, 6.45) is 0. The van der Waals surface area contributed by atoms with Crippen molar-refractivity contribution in [3.8, 4) is 11.5 Å². The van der Waals surface area contributed by atoms with E-state index in [1.807, 2.05) is 37.3 Å². The molecule has 8 heteroatoms. The van der Waals surface area contributed by atoms with Crippen LogP contribution < -0.4 is 5.32 Å². The molecule has 1 aromatic carbocycles. The van der Waals surface area contributed by atoms with Crippen LogP contribution in [-0.4, -0.2) is 26.9 Å². The highest BCUT2D eigenvalue weighted by Gasteiger charge is 2.10. The van der Waals surface area contributed by atoms with Gasteiger partial charge < -0.3 is 9.73 Å². The molecule has 0 saturated carbocycles. The fourth-order valence-electron chi connectivity index (χ4n) is 1.62. The average Bonchev–Trinajstić information content (AvgIpc) is 3.16. The second-order valence-corrected chi connectivity index (χ2v) is 6.26. The SMILES string of the molecule is CCNc1nnc(SCc2nnc(-c3ccccc3)o2)s1. The minimum atomic E-state index is 0.539. The smallest absolute Gasteiger partial charge is 0.247 e. The molecule has 0 radical (unpaired) electrons. The fraction of sp³-hybridized carbons (Fsp3) is 0.231. The van der Waals surface area contributed by atoms with E-state index in [2.05, 4.69) is 25.7 Å². The Morgan fingerprint density at radius 1 is 1.14 bits per heavy atom. The maximum Gasteiger partial charge on any atom is 0.247 e. The fourth-order valence-corrected chi connectivity index (χ4v) is 3.28. The van der Waals surface area contributed by atoms with Gasteiger partial charge in [0, 0.05) is 12.1 Å². The molecule has 3 rings (SSSR count). The number of nitrogens with zero attached hydrogens (tertiary/aromatic N) is 4. The van der Waals surface area contributed by atoms with Crippen molar-refractivity contribution in [2.45, 2.75) is 17.0 Å². The first-order valence-corrected chi connectivity index (χ1v) is 8.23. The van der Waals surface area contributed by atoms with Gasteiger partial charge in [-0.3, -0.25) is 0 Å². The number of hydrogen-bond acceptors (Lipinski definition) is 8. The molecule has 2 heterocycles. The van der Waals surface area contributed by atoms with Gasteiger partial charge in [-0.15, -0.1) is 20.4 Å². The normalized spacial score (nSPS) is 10.7. The Bertz CT molecular complexity index is 697. The van der Waals surface area contributed by atoms with E-state index in [-0.39, 0.29) is 0 Å². The molecule has 6 nitrogen and oxygen atoms in total. The maximum absolute atomic E-state index is 5.64. The van der Waals surface area contributed by atoms with Gasteiger partial charge in [-0.05, 0) is 19.1 Å². The second kappa shape index (κ2) is 6.68. The lowest BCUT2D eigenvalue weighted by atomic mass is 10.2. The number of anilines is 1. The number of aromatic nitrogens is 4. The molecule has 0 aliphatic rings. The summed E-state index contributed by atoms with van der Waals surface area (Å²) in [5, 5.41) is 20.2. The van der Waals surface area contributed by atoms with Gasteiger partial charge in [-0.1, -0.05) is 41.3 Å². The molecule has 0 aliphatic heterocycles. The monoisotopic (exact) mass is 319 g/mol. The summed E-state index contributed by atoms with van der Waals surface area (Å²) in [5.41, 5.74) is 0.923. The number of thioether (sulfide) groups is 1. The van der Waals surface area contributed by atoms with Gasteiger partial charge in [0.25, 0.3) is 0 Å². The lowest BCUT2D eigenvalue weighted by Gasteiger charge is -1.93. The minimum absolute atomic E-state index is 0.539. The van der Waals surface area contributed by atoms with E-state index in [4.69, 9.17) is 4.42 Å². The number of rotatable bonds is 6. The maximum atomic E-state index is 5.64. The van der Waals surface area contributed by atoms with Crippen LogP contribution >= 0.6 is 23.1 Å². The Kier molecular flexibility index (Phi) is 4.46. The lowest BCUT2D eigenvalue weighted by Crippen LogP contribution is -1.94. The molecule has 3 aromatic rings. The molecule has 0 saturated heterocycles. The largest absolute Gasteiger partial charge is 0.420 e. The predicted octanol–water partition coefficient (Wildman–Crippen LogP) is 3.31. The Labute approximate surface area is 130 Å². The molecule has 1 N–H and O–H groups in total. The van der Waals surface area contributed by atoms with Gasteiger partial charge >= 0.3 is 0 Å². The van der Waals surface area contributed by atoms with Crippen molar-refractivity contribution in [2.75, 3.05) is 11.9 Å². The second-order valence-electron chi connectivity index (χ2n) is 4.06. The van der Waals surface area contributed by atoms with Crippen LogP contribution in [0.5, 0.6) is 0 Å². The van der Waals surface area contributed by atoms with E-state index >= 15 is 0 Å². The topological polar surface area (TPSA) is 76.7 Å². The van der Waals surface area contributed by atoms with Crippen LogP contribution in [0.25, 0.3) is 11.5 Å². The van der Waals surface area contributed by atoms with E-state index in [1.54, 1.807) is 0 Å². The highest BCUT2D eigenvalue weighted by atomic mass is 32.2. The third kappa shape index (κ3) is 3.59. The number of benzene rings is 1. The van der Waals surface area contributed by atoms with Crippen molar-refractivity contribution in [2.24, 2.45) is 0 Å². The van der Waals surface area contributed by atoms with Crippen molar-refractivity contribution < 1.29 is 4.42 Å². The zero-order valence-corrected chi connectivity index (χ0v) is 12.9. The van der Waals surface area contributed by atoms with E-state index in [0.29, 0.717) is 17.5 Å². The van der Waals surface area contributed by atoms with Crippen LogP contribution in [0.3, 0.4) is 0 Å². The summed E-state index contributed by atoms with van der Waals surface area (Å²) in [4.78, 5) is 0. The Morgan fingerprint density at radius 2 is 2.00 bits per heavy atom. The zero-order chi connectivity index (χ0) is 14.5. The third-order valence-electron chi connectivity index (χ3n) is 2.54. The van der Waals surface area contributed by atoms with E-state index < -0.39 is 0 Å². The van der Waals surface area contributed by atoms with Crippen LogP contribution in [0.1, 0.15) is 12.8 Å². The minimum Gasteiger partial charge on any atom is -0.420 e. The first kappa shape index (κ1) is 14.0. The van der Waals surface area contributed by atoms with Gasteiger partial charge in [0.15, 0.2) is 4.34 Å². The first-order valence-electron chi connectivity index (χ1n) is 6.43. The van der Waals surface area contributed by atoms with Crippen LogP contribution in [0.4, 0.5) is 5.13 Å². The Morgan fingerprint density at radius 3 is 2.81 bits per heavy atom. The van der Waals surface area contributed by atoms with Crippen molar-refractivity contribution in [1.29, 1.82) is 0 Å². The van der Waals surface area contributed by atoms with Gasteiger partial charge in [-0.25, -0.2) is 0 Å². The van der Waals surface area contributed by atoms with Crippen LogP contribution in [0, 0.1) is 0 Å². The quantitative estimate of drug-likeness (QED) is 0.698. The molecule has 0 amide bonds. The third-order valence-corrected chi connectivity index (χ3v) is 4.54. The summed E-state index contributed by atoms with van der Waals surface area (Å²) in [6.45, 7) is 2.86. The number of hydrogen-bond donors (Lipinski definition) is 1. The summed E-state index contributed by atoms with van der Waals surface area (Å²) in [7, 11) is 0. The highest BCUT2D eigenvalue weighted by Crippen LogP contribution is 2.28. The predicted molar refractivity (Wildman–Crippen MR) is 83.4 cm³/mol. The zero-order valence-electron chi connectivity index (χ0n) is 11.3. The van der Waals surface area contributed by atoms with E-state index in [1.165, 1.54) is 23.1 Å². The molecule has 108 valence electrons. The molecular formula is C13H13N5OS2. The molecule has 21 heavy (non-hydrogen) atoms. The lowest BCUT2D eigenvalue weighted by molar-refractivity contribution is 0.528. The molecular weight excluding hydrogens is 306 g/mol. The molecule has 0 bridgehead atoms. The summed E-state index contributed by atoms with van der Waals surface area (Å²) >= 11 is 3.06. The van der Waals surface area contributed by atoms with Crippen molar-refractivity contribution >= 4 is 28.2 Å². The van der Waals surface area contributed by atoms with Gasteiger partial charge in [0.05, 0.1) is 5.75 Å². The summed E-state index contributed by atoms with van der Waals surface area (Å²) < 4.78 is 6.52. The van der Waals surface area contributed by atoms with Crippen LogP contribution in [-0.2, 0) is 5.75 Å². The summed E-state index contributed by atoms with van der Waals surface area (Å²) in [6, 6.07) is 9.72. The van der Waals surface area contributed by atoms with E-state index in [0.717, 1.165) is 21.6 Å². The Hall–Kier alpha value is -1.93. The van der Waals surface area contributed by atoms with Crippen LogP contribution in [0.15, 0.2) is 39.1 Å². The van der Waals surface area contributed by atoms with Gasteiger partial charge in [0.1, 0.15) is 0 Å². The van der Waals surface area contributed by atoms with Crippen molar-refractivity contribution in [1.82, 2.24) is 20.4 Å². The molecule has 0 atom stereocenters. The standard InChI is InChI=1S/C13H13N5OS2/c1-2-14-12-17-18-13(21-12)20-8-10-15-16-11(19-10)9-6-4-3-5-7-9/h3-7H,2,8H2,1H3,(H,14,17). The Balaban J connectivity index is 1.62. The highest BCUT2D eigenvalue weighted by molar-refractivity contribution is 8.00. The molecule has 0 fully saturated rings.